The molecule has 0 atom stereocenters. The van der Waals surface area contributed by atoms with Crippen LogP contribution in [-0.2, 0) is 0 Å². The highest BCUT2D eigenvalue weighted by Gasteiger charge is 2.41. The average molecular weight is 272 g/mol. The molecular weight excluding hydrogens is 262 g/mol. The molecule has 102 valence electrons. The number of carbonyl (C=O) groups excluding carboxylic acids is 1. The van der Waals surface area contributed by atoms with Crippen molar-refractivity contribution in [2.75, 3.05) is 13.1 Å². The molecule has 0 saturated carbocycles. The van der Waals surface area contributed by atoms with Gasteiger partial charge in [-0.1, -0.05) is 0 Å². The van der Waals surface area contributed by atoms with E-state index in [1.54, 1.807) is 0 Å². The second kappa shape index (κ2) is 4.23. The first-order valence-corrected chi connectivity index (χ1v) is 5.36. The maximum Gasteiger partial charge on any atom is 0.285 e. The van der Waals surface area contributed by atoms with Crippen molar-refractivity contribution in [2.45, 2.75) is 12.5 Å². The van der Waals surface area contributed by atoms with E-state index in [0.717, 1.165) is 4.90 Å². The van der Waals surface area contributed by atoms with Crippen molar-refractivity contribution in [1.29, 1.82) is 0 Å². The lowest BCUT2D eigenvalue weighted by Gasteiger charge is -2.44. The van der Waals surface area contributed by atoms with Crippen LogP contribution in [0.3, 0.4) is 0 Å². The molecule has 0 spiro atoms. The summed E-state index contributed by atoms with van der Waals surface area (Å²) in [6.07, 6.45) is 0. The van der Waals surface area contributed by atoms with Gasteiger partial charge in [0.05, 0.1) is 29.7 Å². The van der Waals surface area contributed by atoms with Gasteiger partial charge < -0.3 is 10.0 Å². The molecule has 1 fully saturated rings. The van der Waals surface area contributed by atoms with E-state index in [9.17, 15) is 28.8 Å². The van der Waals surface area contributed by atoms with Crippen molar-refractivity contribution in [3.05, 3.63) is 39.4 Å². The molecule has 0 radical (unpaired) electrons. The van der Waals surface area contributed by atoms with Gasteiger partial charge in [-0.3, -0.25) is 14.9 Å². The van der Waals surface area contributed by atoms with Crippen LogP contribution in [0.15, 0.2) is 12.1 Å². The van der Waals surface area contributed by atoms with E-state index >= 15 is 0 Å². The van der Waals surface area contributed by atoms with Crippen LogP contribution in [0.25, 0.3) is 0 Å². The molecule has 6 nitrogen and oxygen atoms in total. The van der Waals surface area contributed by atoms with Crippen LogP contribution < -0.4 is 0 Å². The average Bonchev–Trinajstić information content (AvgIpc) is 2.27. The zero-order chi connectivity index (χ0) is 14.4. The number of β-amino-alcohol motifs (C(OH)–C–C–N with tert-alkyl or cyclic N) is 1. The van der Waals surface area contributed by atoms with Gasteiger partial charge in [0, 0.05) is 0 Å². The minimum absolute atomic E-state index is 0.0119. The molecule has 0 bridgehead atoms. The maximum atomic E-state index is 13.1. The zero-order valence-corrected chi connectivity index (χ0v) is 9.89. The summed E-state index contributed by atoms with van der Waals surface area (Å²) in [4.78, 5) is 22.8. The van der Waals surface area contributed by atoms with Crippen molar-refractivity contribution in [2.24, 2.45) is 0 Å². The van der Waals surface area contributed by atoms with Gasteiger partial charge in [0.25, 0.3) is 11.6 Å². The summed E-state index contributed by atoms with van der Waals surface area (Å²) in [5.74, 6) is -3.53. The van der Waals surface area contributed by atoms with Gasteiger partial charge in [-0.05, 0) is 13.0 Å². The van der Waals surface area contributed by atoms with Crippen molar-refractivity contribution >= 4 is 11.6 Å². The standard InChI is InChI=1S/C11H10F2N2O4/c1-11(17)4-14(5-11)10(16)6-2-7(12)8(13)3-9(6)15(18)19/h2-3,17H,4-5H2,1H3. The van der Waals surface area contributed by atoms with E-state index in [-0.39, 0.29) is 13.1 Å². The predicted octanol–water partition coefficient (Wildman–Crippen LogP) is 1.08. The van der Waals surface area contributed by atoms with E-state index in [0.29, 0.717) is 12.1 Å². The monoisotopic (exact) mass is 272 g/mol. The molecule has 1 saturated heterocycles. The quantitative estimate of drug-likeness (QED) is 0.645. The molecule has 1 amide bonds. The van der Waals surface area contributed by atoms with Crippen LogP contribution in [0, 0.1) is 21.7 Å². The number of amides is 1. The van der Waals surface area contributed by atoms with Gasteiger partial charge in [-0.15, -0.1) is 0 Å². The first-order chi connectivity index (χ1) is 8.71. The highest BCUT2D eigenvalue weighted by molar-refractivity contribution is 5.98. The van der Waals surface area contributed by atoms with Gasteiger partial charge in [-0.25, -0.2) is 8.78 Å². The number of rotatable bonds is 2. The number of aliphatic hydroxyl groups is 1. The molecule has 8 heteroatoms. The Morgan fingerprint density at radius 3 is 2.42 bits per heavy atom. The number of hydrogen-bond acceptors (Lipinski definition) is 4. The minimum atomic E-state index is -1.39. The zero-order valence-electron chi connectivity index (χ0n) is 9.89. The molecule has 0 aliphatic carbocycles. The van der Waals surface area contributed by atoms with E-state index < -0.39 is 39.3 Å². The Morgan fingerprint density at radius 1 is 1.42 bits per heavy atom. The predicted molar refractivity (Wildman–Crippen MR) is 59.5 cm³/mol. The van der Waals surface area contributed by atoms with Gasteiger partial charge in [0.15, 0.2) is 11.6 Å². The smallest absolute Gasteiger partial charge is 0.285 e. The SMILES string of the molecule is CC1(O)CN(C(=O)c2cc(F)c(F)cc2[N+](=O)[O-])C1. The highest BCUT2D eigenvalue weighted by atomic mass is 19.2. The molecule has 1 N–H and O–H groups in total. The van der Waals surface area contributed by atoms with E-state index in [2.05, 4.69) is 0 Å². The summed E-state index contributed by atoms with van der Waals surface area (Å²) >= 11 is 0. The number of hydrogen-bond donors (Lipinski definition) is 1. The Balaban J connectivity index is 2.36. The van der Waals surface area contributed by atoms with E-state index in [1.165, 1.54) is 6.92 Å². The fraction of sp³-hybridized carbons (Fsp3) is 0.364. The van der Waals surface area contributed by atoms with Crippen LogP contribution in [0.4, 0.5) is 14.5 Å². The van der Waals surface area contributed by atoms with Crippen molar-refractivity contribution in [3.63, 3.8) is 0 Å². The lowest BCUT2D eigenvalue weighted by molar-refractivity contribution is -0.385. The second-order valence-corrected chi connectivity index (χ2v) is 4.70. The first-order valence-electron chi connectivity index (χ1n) is 5.36. The third-order valence-corrected chi connectivity index (χ3v) is 2.82. The van der Waals surface area contributed by atoms with Crippen molar-refractivity contribution in [1.82, 2.24) is 4.90 Å². The molecule has 1 heterocycles. The Morgan fingerprint density at radius 2 is 1.95 bits per heavy atom. The molecule has 0 unspecified atom stereocenters. The van der Waals surface area contributed by atoms with Gasteiger partial charge in [-0.2, -0.15) is 0 Å². The summed E-state index contributed by atoms with van der Waals surface area (Å²) in [7, 11) is 0. The Bertz CT molecular complexity index is 566. The van der Waals surface area contributed by atoms with Gasteiger partial charge >= 0.3 is 0 Å². The molecule has 0 aromatic heterocycles. The van der Waals surface area contributed by atoms with Crippen LogP contribution in [-0.4, -0.2) is 39.5 Å². The van der Waals surface area contributed by atoms with Crippen molar-refractivity contribution < 1.29 is 23.6 Å². The number of carbonyl (C=O) groups is 1. The number of nitro benzene ring substituents is 1. The summed E-state index contributed by atoms with van der Waals surface area (Å²) in [6.45, 7) is 1.47. The maximum absolute atomic E-state index is 13.1. The van der Waals surface area contributed by atoms with Crippen molar-refractivity contribution in [3.8, 4) is 0 Å². The van der Waals surface area contributed by atoms with Gasteiger partial charge in [0.1, 0.15) is 5.56 Å². The lowest BCUT2D eigenvalue weighted by atomic mass is 9.95. The van der Waals surface area contributed by atoms with Gasteiger partial charge in [0.2, 0.25) is 0 Å². The Hall–Kier alpha value is -2.09. The Labute approximate surface area is 106 Å². The largest absolute Gasteiger partial charge is 0.386 e. The normalized spacial score (nSPS) is 16.9. The van der Waals surface area contributed by atoms with Crippen LogP contribution in [0.5, 0.6) is 0 Å². The summed E-state index contributed by atoms with van der Waals surface area (Å²) < 4.78 is 26.1. The number of halogens is 2. The molecule has 19 heavy (non-hydrogen) atoms. The third-order valence-electron chi connectivity index (χ3n) is 2.82. The second-order valence-electron chi connectivity index (χ2n) is 4.70. The number of nitro groups is 1. The number of benzene rings is 1. The topological polar surface area (TPSA) is 83.7 Å². The fourth-order valence-corrected chi connectivity index (χ4v) is 1.95. The molecule has 1 aliphatic heterocycles. The Kier molecular flexibility index (Phi) is 2.97. The molecule has 1 aliphatic rings. The molecular formula is C11H10F2N2O4. The third kappa shape index (κ3) is 2.39. The lowest BCUT2D eigenvalue weighted by Crippen LogP contribution is -2.61. The summed E-state index contributed by atoms with van der Waals surface area (Å²) in [6, 6.07) is 0.878. The van der Waals surface area contributed by atoms with Crippen LogP contribution in [0.1, 0.15) is 17.3 Å². The highest BCUT2D eigenvalue weighted by Crippen LogP contribution is 2.28. The summed E-state index contributed by atoms with van der Waals surface area (Å²) in [5.41, 5.74) is -2.38. The van der Waals surface area contributed by atoms with Crippen LogP contribution in [0.2, 0.25) is 0 Å². The number of likely N-dealkylation sites (tertiary alicyclic amines) is 1. The first kappa shape index (κ1) is 13.3. The fourth-order valence-electron chi connectivity index (χ4n) is 1.95. The molecule has 2 rings (SSSR count). The summed E-state index contributed by atoms with van der Waals surface area (Å²) in [5, 5.41) is 20.2. The molecule has 1 aromatic carbocycles. The van der Waals surface area contributed by atoms with E-state index in [1.807, 2.05) is 0 Å². The number of nitrogens with zero attached hydrogens (tertiary/aromatic N) is 2. The van der Waals surface area contributed by atoms with E-state index in [4.69, 9.17) is 0 Å². The van der Waals surface area contributed by atoms with Crippen LogP contribution >= 0.6 is 0 Å². The molecule has 1 aromatic rings. The minimum Gasteiger partial charge on any atom is -0.386 e.